The minimum Gasteiger partial charge on any atom is -0.465 e. The summed E-state index contributed by atoms with van der Waals surface area (Å²) in [5.41, 5.74) is 0. The highest BCUT2D eigenvalue weighted by atomic mass is 16.5. The van der Waals surface area contributed by atoms with Crippen LogP contribution in [-0.4, -0.2) is 25.2 Å². The zero-order chi connectivity index (χ0) is 16.2. The van der Waals surface area contributed by atoms with Gasteiger partial charge in [-0.1, -0.05) is 46.0 Å². The lowest BCUT2D eigenvalue weighted by molar-refractivity contribution is -0.147. The van der Waals surface area contributed by atoms with Crippen molar-refractivity contribution in [1.82, 2.24) is 0 Å². The predicted molar refractivity (Wildman–Crippen MR) is 86.4 cm³/mol. The average molecular weight is 312 g/mol. The van der Waals surface area contributed by atoms with E-state index in [1.807, 2.05) is 0 Å². The van der Waals surface area contributed by atoms with Crippen LogP contribution in [0, 0.1) is 11.8 Å². The number of rotatable bonds is 10. The van der Waals surface area contributed by atoms with E-state index < -0.39 is 0 Å². The van der Waals surface area contributed by atoms with Gasteiger partial charge in [-0.3, -0.25) is 9.59 Å². The molecule has 4 heteroatoms. The lowest BCUT2D eigenvalue weighted by Crippen LogP contribution is -2.17. The summed E-state index contributed by atoms with van der Waals surface area (Å²) in [6, 6.07) is 0. The Bertz CT molecular complexity index is 317. The lowest BCUT2D eigenvalue weighted by Gasteiger charge is -2.20. The second kappa shape index (κ2) is 11.5. The van der Waals surface area contributed by atoms with Gasteiger partial charge in [0.25, 0.3) is 0 Å². The smallest absolute Gasteiger partial charge is 0.305 e. The van der Waals surface area contributed by atoms with Crippen LogP contribution in [0.2, 0.25) is 0 Å². The fourth-order valence-corrected chi connectivity index (χ4v) is 2.82. The van der Waals surface area contributed by atoms with Crippen LogP contribution in [0.3, 0.4) is 0 Å². The minimum atomic E-state index is -0.202. The summed E-state index contributed by atoms with van der Waals surface area (Å²) in [5.74, 6) is 0.609. The first-order valence-electron chi connectivity index (χ1n) is 8.96. The lowest BCUT2D eigenvalue weighted by atomic mass is 9.90. The molecule has 128 valence electrons. The third-order valence-corrected chi connectivity index (χ3v) is 4.60. The van der Waals surface area contributed by atoms with Crippen molar-refractivity contribution in [3.05, 3.63) is 0 Å². The van der Waals surface area contributed by atoms with Gasteiger partial charge in [0.1, 0.15) is 0 Å². The summed E-state index contributed by atoms with van der Waals surface area (Å²) in [6.45, 7) is 5.25. The summed E-state index contributed by atoms with van der Waals surface area (Å²) in [6.07, 6.45) is 9.36. The Morgan fingerprint density at radius 1 is 0.955 bits per heavy atom. The predicted octanol–water partition coefficient (Wildman–Crippen LogP) is 4.26. The van der Waals surface area contributed by atoms with Crippen LogP contribution in [0.4, 0.5) is 0 Å². The summed E-state index contributed by atoms with van der Waals surface area (Å²) in [4.78, 5) is 23.2. The highest BCUT2D eigenvalue weighted by Gasteiger charge is 2.16. The molecular weight excluding hydrogens is 280 g/mol. The minimum absolute atomic E-state index is 0.182. The Morgan fingerprint density at radius 2 is 1.55 bits per heavy atom. The van der Waals surface area contributed by atoms with E-state index in [4.69, 9.17) is 9.47 Å². The Morgan fingerprint density at radius 3 is 2.14 bits per heavy atom. The summed E-state index contributed by atoms with van der Waals surface area (Å²) >= 11 is 0. The average Bonchev–Trinajstić information content (AvgIpc) is 2.55. The first kappa shape index (κ1) is 19.0. The van der Waals surface area contributed by atoms with Gasteiger partial charge in [-0.05, 0) is 31.1 Å². The van der Waals surface area contributed by atoms with Crippen molar-refractivity contribution >= 4 is 11.9 Å². The number of hydrogen-bond acceptors (Lipinski definition) is 4. The van der Waals surface area contributed by atoms with Gasteiger partial charge in [0.15, 0.2) is 0 Å². The molecule has 0 atom stereocenters. The molecule has 1 aliphatic rings. The van der Waals surface area contributed by atoms with E-state index in [1.165, 1.54) is 32.1 Å². The molecule has 0 aromatic heterocycles. The number of carbonyl (C=O) groups excluding carboxylic acids is 2. The van der Waals surface area contributed by atoms with Gasteiger partial charge in [-0.25, -0.2) is 0 Å². The van der Waals surface area contributed by atoms with Crippen molar-refractivity contribution in [1.29, 1.82) is 0 Å². The van der Waals surface area contributed by atoms with Gasteiger partial charge in [0, 0.05) is 12.8 Å². The van der Waals surface area contributed by atoms with Crippen LogP contribution in [-0.2, 0) is 19.1 Å². The number of esters is 2. The van der Waals surface area contributed by atoms with E-state index in [0.29, 0.717) is 44.3 Å². The van der Waals surface area contributed by atoms with E-state index >= 15 is 0 Å². The number of ether oxygens (including phenoxy) is 2. The third kappa shape index (κ3) is 8.40. The highest BCUT2D eigenvalue weighted by Crippen LogP contribution is 2.23. The molecule has 4 nitrogen and oxygen atoms in total. The van der Waals surface area contributed by atoms with Crippen LogP contribution >= 0.6 is 0 Å². The summed E-state index contributed by atoms with van der Waals surface area (Å²) in [5, 5.41) is 0. The molecule has 0 saturated heterocycles. The van der Waals surface area contributed by atoms with E-state index in [9.17, 15) is 9.59 Å². The van der Waals surface area contributed by atoms with E-state index in [2.05, 4.69) is 13.8 Å². The molecule has 0 aromatic carbocycles. The SMILES string of the molecule is CCC(CC)COC(=O)CCCC(=O)OCC1CCCCC1. The normalized spacial score (nSPS) is 15.8. The zero-order valence-electron chi connectivity index (χ0n) is 14.3. The van der Waals surface area contributed by atoms with Gasteiger partial charge >= 0.3 is 11.9 Å². The van der Waals surface area contributed by atoms with Crippen molar-refractivity contribution in [2.75, 3.05) is 13.2 Å². The van der Waals surface area contributed by atoms with Crippen molar-refractivity contribution in [2.45, 2.75) is 78.1 Å². The summed E-state index contributed by atoms with van der Waals surface area (Å²) < 4.78 is 10.5. The molecule has 0 unspecified atom stereocenters. The maximum absolute atomic E-state index is 11.7. The second-order valence-corrected chi connectivity index (χ2v) is 6.41. The Balaban J connectivity index is 2.02. The molecule has 1 fully saturated rings. The molecule has 1 rings (SSSR count). The Labute approximate surface area is 134 Å². The molecule has 0 bridgehead atoms. The molecule has 0 aliphatic heterocycles. The van der Waals surface area contributed by atoms with Crippen molar-refractivity contribution in [3.63, 3.8) is 0 Å². The molecular formula is C18H32O4. The van der Waals surface area contributed by atoms with E-state index in [1.54, 1.807) is 0 Å². The maximum Gasteiger partial charge on any atom is 0.305 e. The number of carbonyl (C=O) groups is 2. The van der Waals surface area contributed by atoms with Crippen LogP contribution in [0.15, 0.2) is 0 Å². The zero-order valence-corrected chi connectivity index (χ0v) is 14.3. The molecule has 0 spiro atoms. The van der Waals surface area contributed by atoms with Gasteiger partial charge < -0.3 is 9.47 Å². The largest absolute Gasteiger partial charge is 0.465 e. The second-order valence-electron chi connectivity index (χ2n) is 6.41. The van der Waals surface area contributed by atoms with Gasteiger partial charge in [0.05, 0.1) is 13.2 Å². The Hall–Kier alpha value is -1.06. The molecule has 0 amide bonds. The standard InChI is InChI=1S/C18H32O4/c1-3-15(4-2)13-21-17(19)11-8-12-18(20)22-14-16-9-6-5-7-10-16/h15-16H,3-14H2,1-2H3. The van der Waals surface area contributed by atoms with Crippen LogP contribution in [0.25, 0.3) is 0 Å². The highest BCUT2D eigenvalue weighted by molar-refractivity contribution is 5.72. The van der Waals surface area contributed by atoms with Crippen LogP contribution in [0.5, 0.6) is 0 Å². The first-order valence-corrected chi connectivity index (χ1v) is 8.96. The van der Waals surface area contributed by atoms with Gasteiger partial charge in [-0.2, -0.15) is 0 Å². The molecule has 0 N–H and O–H groups in total. The fraction of sp³-hybridized carbons (Fsp3) is 0.889. The molecule has 0 aromatic rings. The van der Waals surface area contributed by atoms with E-state index in [0.717, 1.165) is 12.8 Å². The van der Waals surface area contributed by atoms with Gasteiger partial charge in [0.2, 0.25) is 0 Å². The first-order chi connectivity index (χ1) is 10.7. The molecule has 1 saturated carbocycles. The molecule has 0 heterocycles. The fourth-order valence-electron chi connectivity index (χ4n) is 2.82. The van der Waals surface area contributed by atoms with Crippen molar-refractivity contribution in [3.8, 4) is 0 Å². The molecule has 0 radical (unpaired) electrons. The van der Waals surface area contributed by atoms with Gasteiger partial charge in [-0.15, -0.1) is 0 Å². The summed E-state index contributed by atoms with van der Waals surface area (Å²) in [7, 11) is 0. The van der Waals surface area contributed by atoms with Crippen molar-refractivity contribution < 1.29 is 19.1 Å². The van der Waals surface area contributed by atoms with Crippen LogP contribution in [0.1, 0.15) is 78.1 Å². The Kier molecular flexibility index (Phi) is 9.93. The van der Waals surface area contributed by atoms with Crippen LogP contribution < -0.4 is 0 Å². The molecule has 22 heavy (non-hydrogen) atoms. The van der Waals surface area contributed by atoms with E-state index in [-0.39, 0.29) is 11.9 Å². The quantitative estimate of drug-likeness (QED) is 0.566. The topological polar surface area (TPSA) is 52.6 Å². The maximum atomic E-state index is 11.7. The molecule has 1 aliphatic carbocycles. The number of hydrogen-bond donors (Lipinski definition) is 0. The monoisotopic (exact) mass is 312 g/mol. The van der Waals surface area contributed by atoms with Crippen molar-refractivity contribution in [2.24, 2.45) is 11.8 Å². The third-order valence-electron chi connectivity index (χ3n) is 4.60.